The van der Waals surface area contributed by atoms with Gasteiger partial charge < -0.3 is 44.2 Å². The maximum absolute atomic E-state index is 13.2. The molecule has 1 rings (SSSR count). The molecule has 14 nitrogen and oxygen atoms in total. The van der Waals surface area contributed by atoms with Gasteiger partial charge in [0.25, 0.3) is 0 Å². The minimum absolute atomic E-state index is 0.0336. The fraction of sp³-hybridized carbons (Fsp3) is 0.613. The molecule has 0 aliphatic heterocycles. The number of carbonyl (C=O) groups excluding carboxylic acids is 6. The highest BCUT2D eigenvalue weighted by atomic mass is 16.7. The molecule has 4 N–H and O–H groups in total. The van der Waals surface area contributed by atoms with Gasteiger partial charge in [0.05, 0.1) is 19.1 Å². The molecule has 0 aliphatic carbocycles. The van der Waals surface area contributed by atoms with Crippen molar-refractivity contribution in [3.63, 3.8) is 0 Å². The number of hydroxylamine groups is 1. The van der Waals surface area contributed by atoms with Crippen molar-refractivity contribution in [3.8, 4) is 11.5 Å². The Balaban J connectivity index is 0. The highest BCUT2D eigenvalue weighted by Gasteiger charge is 2.29. The van der Waals surface area contributed by atoms with Crippen molar-refractivity contribution >= 4 is 37.3 Å². The summed E-state index contributed by atoms with van der Waals surface area (Å²) < 4.78 is 16.2. The first-order chi connectivity index (χ1) is 21.7. The van der Waals surface area contributed by atoms with Crippen molar-refractivity contribution in [2.75, 3.05) is 32.9 Å². The van der Waals surface area contributed by atoms with Crippen LogP contribution in [0.25, 0.3) is 0 Å². The van der Waals surface area contributed by atoms with E-state index in [0.717, 1.165) is 12.8 Å². The molecule has 45 heavy (non-hydrogen) atoms. The fourth-order valence-corrected chi connectivity index (χ4v) is 3.91. The van der Waals surface area contributed by atoms with E-state index in [1.54, 1.807) is 25.1 Å². The number of hydrogen-bond acceptors (Lipinski definition) is 14. The van der Waals surface area contributed by atoms with Gasteiger partial charge in [-0.05, 0) is 55.8 Å². The summed E-state index contributed by atoms with van der Waals surface area (Å²) in [5.74, 6) is -1.60. The Kier molecular flexibility index (Phi) is 28.0. The van der Waals surface area contributed by atoms with Crippen molar-refractivity contribution in [2.24, 2.45) is 5.92 Å². The third-order valence-electron chi connectivity index (χ3n) is 6.04. The molecule has 0 aliphatic rings. The van der Waals surface area contributed by atoms with Gasteiger partial charge in [-0.15, -0.1) is 0 Å². The quantitative estimate of drug-likeness (QED) is 0.0584. The van der Waals surface area contributed by atoms with Gasteiger partial charge in [0.2, 0.25) is 0 Å². The third-order valence-corrected chi connectivity index (χ3v) is 6.04. The molecule has 2 unspecified atom stereocenters. The lowest BCUT2D eigenvalue weighted by Gasteiger charge is -2.26. The van der Waals surface area contributed by atoms with Crippen molar-refractivity contribution in [2.45, 2.75) is 84.8 Å². The molecule has 2 atom stereocenters. The molecule has 1 aromatic carbocycles. The number of unbranched alkanes of at least 4 members (excludes halogenated alkanes) is 1. The zero-order valence-corrected chi connectivity index (χ0v) is 26.7. The van der Waals surface area contributed by atoms with Gasteiger partial charge >= 0.3 is 17.9 Å². The second-order valence-corrected chi connectivity index (χ2v) is 9.51. The van der Waals surface area contributed by atoms with Crippen LogP contribution in [0.15, 0.2) is 18.2 Å². The second-order valence-electron chi connectivity index (χ2n) is 9.51. The highest BCUT2D eigenvalue weighted by molar-refractivity contribution is 5.85. The van der Waals surface area contributed by atoms with Crippen LogP contribution in [-0.2, 0) is 44.9 Å². The van der Waals surface area contributed by atoms with Gasteiger partial charge in [0.1, 0.15) is 26.0 Å². The average Bonchev–Trinajstić information content (AvgIpc) is 3.04. The maximum atomic E-state index is 13.2. The molecule has 0 amide bonds. The summed E-state index contributed by atoms with van der Waals surface area (Å²) in [6.45, 7) is 9.74. The lowest BCUT2D eigenvalue weighted by molar-refractivity contribution is -0.153. The van der Waals surface area contributed by atoms with Crippen LogP contribution in [0.4, 0.5) is 0 Å². The smallest absolute Gasteiger partial charge is 0.325 e. The summed E-state index contributed by atoms with van der Waals surface area (Å²) in [6, 6.07) is 4.09. The third kappa shape index (κ3) is 20.8. The van der Waals surface area contributed by atoms with Gasteiger partial charge in [-0.1, -0.05) is 26.3 Å². The molecule has 0 aromatic heterocycles. The van der Waals surface area contributed by atoms with E-state index in [-0.39, 0.29) is 75.4 Å². The Labute approximate surface area is 265 Å². The van der Waals surface area contributed by atoms with E-state index in [4.69, 9.17) is 28.6 Å². The largest absolute Gasteiger partial charge is 0.490 e. The predicted octanol–water partition coefficient (Wildman–Crippen LogP) is 2.00. The number of ether oxygens (including phenoxy) is 3. The van der Waals surface area contributed by atoms with Crippen molar-refractivity contribution in [1.29, 1.82) is 0 Å². The number of Topliss-reactive ketones (excluding diaryl/α,β-unsaturated/α-hetero) is 1. The van der Waals surface area contributed by atoms with Crippen molar-refractivity contribution < 1.29 is 58.0 Å². The molecule has 1 aromatic rings. The molecular formula is C31H50N2O12. The fourth-order valence-electron chi connectivity index (χ4n) is 3.91. The molecular weight excluding hydrogens is 592 g/mol. The van der Waals surface area contributed by atoms with Gasteiger partial charge in [-0.25, -0.2) is 0 Å². The van der Waals surface area contributed by atoms with E-state index in [0.29, 0.717) is 31.5 Å². The first-order valence-corrected chi connectivity index (χ1v) is 14.8. The number of aliphatic hydroxyl groups excluding tert-OH is 2. The second kappa shape index (κ2) is 29.0. The molecule has 0 saturated carbocycles. The van der Waals surface area contributed by atoms with Crippen molar-refractivity contribution in [1.82, 2.24) is 10.8 Å². The van der Waals surface area contributed by atoms with Crippen LogP contribution >= 0.6 is 0 Å². The Hall–Kier alpha value is -3.72. The molecule has 0 bridgehead atoms. The summed E-state index contributed by atoms with van der Waals surface area (Å²) in [4.78, 5) is 69.7. The number of carbonyl (C=O) groups is 6. The molecule has 0 saturated heterocycles. The summed E-state index contributed by atoms with van der Waals surface area (Å²) in [6.07, 6.45) is 3.03. The predicted molar refractivity (Wildman–Crippen MR) is 164 cm³/mol. The number of nitrogens with one attached hydrogen (secondary N) is 2. The van der Waals surface area contributed by atoms with Crippen molar-refractivity contribution in [3.05, 3.63) is 23.8 Å². The summed E-state index contributed by atoms with van der Waals surface area (Å²) in [5, 5.41) is 21.9. The molecule has 0 radical (unpaired) electrons. The first kappa shape index (κ1) is 43.4. The standard InChI is InChI=1S/C29H46N2O10.2CH2O/c1-4-6-14-31-41-28(37)19-23(12-16-33)29(30-13-8-15-32)24(35)9-7-17-38-26-18-22(20-39-27(36)5-2)10-11-25(26)40-21(3)34;2*1-2/h10-11,18,23,29-33H,4-9,12-17,19-20H2,1-3H3;2*1H2. The van der Waals surface area contributed by atoms with E-state index in [1.165, 1.54) is 6.92 Å². The Morgan fingerprint density at radius 3 is 2.22 bits per heavy atom. The van der Waals surface area contributed by atoms with Crippen LogP contribution in [-0.4, -0.2) is 86.4 Å². The Bertz CT molecular complexity index is 974. The van der Waals surface area contributed by atoms with Crippen LogP contribution in [0, 0.1) is 5.92 Å². The van der Waals surface area contributed by atoms with Crippen LogP contribution in [0.5, 0.6) is 11.5 Å². The van der Waals surface area contributed by atoms with Gasteiger partial charge in [0, 0.05) is 39.5 Å². The Morgan fingerprint density at radius 2 is 1.62 bits per heavy atom. The topological polar surface area (TPSA) is 204 Å². The average molecular weight is 643 g/mol. The first-order valence-electron chi connectivity index (χ1n) is 14.8. The monoisotopic (exact) mass is 642 g/mol. The number of hydrogen-bond donors (Lipinski definition) is 4. The number of ketones is 1. The highest BCUT2D eigenvalue weighted by Crippen LogP contribution is 2.29. The number of benzene rings is 1. The van der Waals surface area contributed by atoms with Gasteiger partial charge in [0.15, 0.2) is 11.5 Å². The zero-order chi connectivity index (χ0) is 34.5. The minimum atomic E-state index is -0.731. The minimum Gasteiger partial charge on any atom is -0.490 e. The van der Waals surface area contributed by atoms with Crippen LogP contribution in [0.1, 0.15) is 77.7 Å². The maximum Gasteiger partial charge on any atom is 0.325 e. The Morgan fingerprint density at radius 1 is 0.911 bits per heavy atom. The van der Waals surface area contributed by atoms with E-state index < -0.39 is 23.9 Å². The number of rotatable bonds is 23. The zero-order valence-electron chi connectivity index (χ0n) is 26.7. The number of esters is 2. The van der Waals surface area contributed by atoms with E-state index >= 15 is 0 Å². The summed E-state index contributed by atoms with van der Waals surface area (Å²) in [5.41, 5.74) is 3.27. The van der Waals surface area contributed by atoms with Gasteiger partial charge in [-0.3, -0.25) is 19.2 Å². The van der Waals surface area contributed by atoms with Crippen LogP contribution in [0.2, 0.25) is 0 Å². The molecule has 0 spiro atoms. The lowest BCUT2D eigenvalue weighted by atomic mass is 9.88. The SMILES string of the molecule is C=O.C=O.CCCCNOC(=O)CC(CCO)C(NCCCO)C(=O)CCCOc1cc(COC(=O)CC)ccc1OC(C)=O. The van der Waals surface area contributed by atoms with Gasteiger partial charge in [-0.2, -0.15) is 5.48 Å². The molecule has 0 fully saturated rings. The summed E-state index contributed by atoms with van der Waals surface area (Å²) in [7, 11) is 0. The normalized spacial score (nSPS) is 11.4. The van der Waals surface area contributed by atoms with E-state index in [9.17, 15) is 29.4 Å². The lowest BCUT2D eigenvalue weighted by Crippen LogP contribution is -2.45. The van der Waals surface area contributed by atoms with E-state index in [2.05, 4.69) is 10.8 Å². The number of aliphatic hydroxyl groups is 2. The van der Waals surface area contributed by atoms with Crippen LogP contribution in [0.3, 0.4) is 0 Å². The van der Waals surface area contributed by atoms with E-state index in [1.807, 2.05) is 20.5 Å². The van der Waals surface area contributed by atoms with Crippen LogP contribution < -0.4 is 20.3 Å². The molecule has 14 heteroatoms. The molecule has 256 valence electrons. The molecule has 0 heterocycles. The summed E-state index contributed by atoms with van der Waals surface area (Å²) >= 11 is 0.